The Morgan fingerprint density at radius 3 is 1.77 bits per heavy atom. The Bertz CT molecular complexity index is 1370. The molecule has 0 fully saturated rings. The molecule has 4 aromatic rings. The number of amides is 2. The van der Waals surface area contributed by atoms with Crippen molar-refractivity contribution in [3.63, 3.8) is 0 Å². The Balaban J connectivity index is 1.74. The minimum atomic E-state index is -2.12. The van der Waals surface area contributed by atoms with Crippen LogP contribution < -0.4 is 10.4 Å². The van der Waals surface area contributed by atoms with Gasteiger partial charge in [0.15, 0.2) is 5.60 Å². The van der Waals surface area contributed by atoms with Crippen LogP contribution in [-0.4, -0.2) is 29.5 Å². The van der Waals surface area contributed by atoms with Crippen molar-refractivity contribution in [1.82, 2.24) is 5.43 Å². The Morgan fingerprint density at radius 1 is 0.744 bits per heavy atom. The molecule has 7 heteroatoms. The van der Waals surface area contributed by atoms with Gasteiger partial charge in [0.05, 0.1) is 23.4 Å². The van der Waals surface area contributed by atoms with E-state index in [4.69, 9.17) is 4.74 Å². The summed E-state index contributed by atoms with van der Waals surface area (Å²) in [6.45, 7) is 2.22. The second-order valence-corrected chi connectivity index (χ2v) is 8.89. The van der Waals surface area contributed by atoms with E-state index in [0.717, 1.165) is 11.4 Å². The molecule has 4 aromatic carbocycles. The van der Waals surface area contributed by atoms with Gasteiger partial charge in [-0.05, 0) is 41.8 Å². The zero-order valence-electron chi connectivity index (χ0n) is 21.6. The van der Waals surface area contributed by atoms with Crippen LogP contribution >= 0.6 is 0 Å². The first-order chi connectivity index (χ1) is 19.0. The van der Waals surface area contributed by atoms with Crippen molar-refractivity contribution in [2.45, 2.75) is 25.4 Å². The standard InChI is InChI=1S/C32H30N2O5/c1-2-3-23-39-30(36)28-22-14-13-21-27(28)29(35)34(26-19-11-6-12-20-26)33-31(37)32(38,24-15-7-4-8-16-24)25-17-9-5-10-18-25/h4-22,38H,2-3,23H2,1H3,(H,33,37). The predicted octanol–water partition coefficient (Wildman–Crippen LogP) is 5.26. The highest BCUT2D eigenvalue weighted by Gasteiger charge is 2.41. The fraction of sp³-hybridized carbons (Fsp3) is 0.156. The predicted molar refractivity (Wildman–Crippen MR) is 149 cm³/mol. The quantitative estimate of drug-likeness (QED) is 0.178. The fourth-order valence-corrected chi connectivity index (χ4v) is 4.13. The number of unbranched alkanes of at least 4 members (excludes halogenated alkanes) is 1. The summed E-state index contributed by atoms with van der Waals surface area (Å²) >= 11 is 0. The molecule has 0 bridgehead atoms. The normalized spacial score (nSPS) is 10.9. The zero-order valence-corrected chi connectivity index (χ0v) is 21.6. The molecule has 0 spiro atoms. The van der Waals surface area contributed by atoms with Crippen LogP contribution in [0, 0.1) is 0 Å². The highest BCUT2D eigenvalue weighted by Crippen LogP contribution is 2.30. The second kappa shape index (κ2) is 12.7. The molecule has 2 N–H and O–H groups in total. The van der Waals surface area contributed by atoms with Crippen LogP contribution in [0.5, 0.6) is 0 Å². The van der Waals surface area contributed by atoms with E-state index in [-0.39, 0.29) is 17.7 Å². The number of aliphatic hydroxyl groups is 1. The van der Waals surface area contributed by atoms with Crippen molar-refractivity contribution < 1.29 is 24.2 Å². The van der Waals surface area contributed by atoms with E-state index in [9.17, 15) is 19.5 Å². The summed E-state index contributed by atoms with van der Waals surface area (Å²) in [6, 6.07) is 31.8. The summed E-state index contributed by atoms with van der Waals surface area (Å²) in [4.78, 5) is 40.7. The van der Waals surface area contributed by atoms with Crippen LogP contribution in [0.1, 0.15) is 51.6 Å². The number of para-hydroxylation sites is 1. The van der Waals surface area contributed by atoms with Gasteiger partial charge in [-0.15, -0.1) is 0 Å². The maximum atomic E-state index is 14.0. The summed E-state index contributed by atoms with van der Waals surface area (Å²) in [6.07, 6.45) is 1.55. The number of nitrogens with one attached hydrogen (secondary N) is 1. The molecule has 0 radical (unpaired) electrons. The number of hydrogen-bond acceptors (Lipinski definition) is 5. The van der Waals surface area contributed by atoms with Crippen molar-refractivity contribution in [1.29, 1.82) is 0 Å². The van der Waals surface area contributed by atoms with E-state index in [1.165, 1.54) is 12.1 Å². The third-order valence-corrected chi connectivity index (χ3v) is 6.25. The SMILES string of the molecule is CCCCOC(=O)c1ccccc1C(=O)N(NC(=O)C(O)(c1ccccc1)c1ccccc1)c1ccccc1. The molecule has 2 amide bonds. The number of rotatable bonds is 9. The monoisotopic (exact) mass is 522 g/mol. The van der Waals surface area contributed by atoms with Crippen molar-refractivity contribution in [3.05, 3.63) is 138 Å². The number of anilines is 1. The van der Waals surface area contributed by atoms with E-state index in [0.29, 0.717) is 23.2 Å². The average Bonchev–Trinajstić information content (AvgIpc) is 3.00. The van der Waals surface area contributed by atoms with E-state index in [1.807, 2.05) is 6.92 Å². The summed E-state index contributed by atoms with van der Waals surface area (Å²) in [5, 5.41) is 12.9. The molecule has 0 heterocycles. The first-order valence-corrected chi connectivity index (χ1v) is 12.8. The molecule has 198 valence electrons. The zero-order chi connectivity index (χ0) is 27.7. The summed E-state index contributed by atoms with van der Waals surface area (Å²) < 4.78 is 5.36. The fourth-order valence-electron chi connectivity index (χ4n) is 4.13. The van der Waals surface area contributed by atoms with E-state index in [1.54, 1.807) is 103 Å². The lowest BCUT2D eigenvalue weighted by Crippen LogP contribution is -2.54. The van der Waals surface area contributed by atoms with Crippen LogP contribution in [-0.2, 0) is 15.1 Å². The number of hydrogen-bond donors (Lipinski definition) is 2. The molecule has 7 nitrogen and oxygen atoms in total. The summed E-state index contributed by atoms with van der Waals surface area (Å²) in [5.74, 6) is -2.14. The van der Waals surface area contributed by atoms with Crippen molar-refractivity contribution in [3.8, 4) is 0 Å². The van der Waals surface area contributed by atoms with Gasteiger partial charge >= 0.3 is 5.97 Å². The maximum absolute atomic E-state index is 14.0. The van der Waals surface area contributed by atoms with Crippen molar-refractivity contribution in [2.75, 3.05) is 11.6 Å². The van der Waals surface area contributed by atoms with Gasteiger partial charge in [0.1, 0.15) is 0 Å². The van der Waals surface area contributed by atoms with Crippen LogP contribution in [0.25, 0.3) is 0 Å². The number of esters is 1. The minimum Gasteiger partial charge on any atom is -0.462 e. The molecule has 0 atom stereocenters. The number of carbonyl (C=O) groups is 3. The number of nitrogens with zero attached hydrogens (tertiary/aromatic N) is 1. The Morgan fingerprint density at radius 2 is 1.23 bits per heavy atom. The van der Waals surface area contributed by atoms with Gasteiger partial charge in [-0.3, -0.25) is 15.0 Å². The molecule has 0 saturated carbocycles. The van der Waals surface area contributed by atoms with Gasteiger partial charge in [-0.2, -0.15) is 0 Å². The topological polar surface area (TPSA) is 95.9 Å². The van der Waals surface area contributed by atoms with Gasteiger partial charge in [0, 0.05) is 0 Å². The van der Waals surface area contributed by atoms with Crippen LogP contribution in [0.4, 0.5) is 5.69 Å². The van der Waals surface area contributed by atoms with Gasteiger partial charge in [0.2, 0.25) is 0 Å². The number of ether oxygens (including phenoxy) is 1. The average molecular weight is 523 g/mol. The lowest BCUT2D eigenvalue weighted by Gasteiger charge is -2.32. The molecule has 0 saturated heterocycles. The third-order valence-electron chi connectivity index (χ3n) is 6.25. The maximum Gasteiger partial charge on any atom is 0.338 e. The Labute approximate surface area is 227 Å². The van der Waals surface area contributed by atoms with Gasteiger partial charge in [-0.25, -0.2) is 9.80 Å². The third kappa shape index (κ3) is 6.05. The molecule has 0 aliphatic rings. The number of benzene rings is 4. The van der Waals surface area contributed by atoms with Crippen LogP contribution in [0.2, 0.25) is 0 Å². The minimum absolute atomic E-state index is 0.0473. The number of hydrazine groups is 1. The Kier molecular flexibility index (Phi) is 8.86. The highest BCUT2D eigenvalue weighted by molar-refractivity contribution is 6.13. The van der Waals surface area contributed by atoms with Gasteiger partial charge < -0.3 is 9.84 Å². The van der Waals surface area contributed by atoms with Crippen LogP contribution in [0.15, 0.2) is 115 Å². The lowest BCUT2D eigenvalue weighted by atomic mass is 9.85. The largest absolute Gasteiger partial charge is 0.462 e. The van der Waals surface area contributed by atoms with Gasteiger partial charge in [0.25, 0.3) is 11.8 Å². The Hall–Kier alpha value is -4.75. The van der Waals surface area contributed by atoms with E-state index < -0.39 is 23.4 Å². The van der Waals surface area contributed by atoms with Crippen molar-refractivity contribution in [2.24, 2.45) is 0 Å². The highest BCUT2D eigenvalue weighted by atomic mass is 16.5. The molecule has 4 rings (SSSR count). The van der Waals surface area contributed by atoms with Crippen LogP contribution in [0.3, 0.4) is 0 Å². The number of carbonyl (C=O) groups excluding carboxylic acids is 3. The first-order valence-electron chi connectivity index (χ1n) is 12.8. The molecule has 0 aromatic heterocycles. The van der Waals surface area contributed by atoms with Crippen molar-refractivity contribution >= 4 is 23.5 Å². The molecular weight excluding hydrogens is 492 g/mol. The second-order valence-electron chi connectivity index (χ2n) is 8.89. The van der Waals surface area contributed by atoms with Gasteiger partial charge in [-0.1, -0.05) is 104 Å². The molecule has 0 unspecified atom stereocenters. The molecular formula is C32H30N2O5. The van der Waals surface area contributed by atoms with E-state index in [2.05, 4.69) is 5.43 Å². The molecule has 39 heavy (non-hydrogen) atoms. The summed E-state index contributed by atoms with van der Waals surface area (Å²) in [7, 11) is 0. The first kappa shape index (κ1) is 27.3. The van der Waals surface area contributed by atoms with E-state index >= 15 is 0 Å². The lowest BCUT2D eigenvalue weighted by molar-refractivity contribution is -0.136. The molecule has 0 aliphatic carbocycles. The smallest absolute Gasteiger partial charge is 0.338 e. The summed E-state index contributed by atoms with van der Waals surface area (Å²) in [5.41, 5.74) is 1.64. The molecule has 0 aliphatic heterocycles.